The molecule has 2 rings (SSSR count). The minimum Gasteiger partial charge on any atom is -0.346 e. The lowest BCUT2D eigenvalue weighted by molar-refractivity contribution is 1.19. The number of rotatable bonds is 0. The maximum atomic E-state index is 4.95. The Morgan fingerprint density at radius 2 is 2.50 bits per heavy atom. The predicted molar refractivity (Wildman–Crippen MR) is 43.0 cm³/mol. The number of aromatic amines is 1. The molecular weight excluding hydrogens is 146 g/mol. The number of aliphatic imine (C=N–C) groups is 1. The van der Waals surface area contributed by atoms with Crippen LogP contribution >= 0.6 is 12.2 Å². The quantitative estimate of drug-likeness (QED) is 0.563. The lowest BCUT2D eigenvalue weighted by atomic mass is 10.2. The molecule has 50 valence electrons. The minimum atomic E-state index is 0.772. The average Bonchev–Trinajstić information content (AvgIpc) is 2.33. The molecule has 1 N–H and O–H groups in total. The number of hydrogen-bond donors (Lipinski definition) is 1. The number of nitrogens with zero attached hydrogens (tertiary/aromatic N) is 2. The van der Waals surface area contributed by atoms with Crippen LogP contribution in [0.4, 0.5) is 5.82 Å². The van der Waals surface area contributed by atoms with Gasteiger partial charge in [0.2, 0.25) is 0 Å². The summed E-state index contributed by atoms with van der Waals surface area (Å²) in [4.78, 5) is 11.8. The van der Waals surface area contributed by atoms with Crippen LogP contribution in [0.3, 0.4) is 0 Å². The first-order valence-corrected chi connectivity index (χ1v) is 3.36. The van der Waals surface area contributed by atoms with E-state index in [0.717, 1.165) is 22.8 Å². The predicted octanol–water partition coefficient (Wildman–Crippen LogP) is 1.04. The van der Waals surface area contributed by atoms with Gasteiger partial charge in [-0.2, -0.15) is 0 Å². The van der Waals surface area contributed by atoms with E-state index in [4.69, 9.17) is 12.2 Å². The number of nitrogens with one attached hydrogen (secondary N) is 1. The molecule has 0 saturated carbocycles. The average molecular weight is 151 g/mol. The van der Waals surface area contributed by atoms with Crippen molar-refractivity contribution in [1.29, 1.82) is 0 Å². The van der Waals surface area contributed by atoms with Crippen molar-refractivity contribution in [2.45, 2.75) is 6.42 Å². The summed E-state index contributed by atoms with van der Waals surface area (Å²) in [5.74, 6) is 0.772. The molecule has 0 fully saturated rings. The summed E-state index contributed by atoms with van der Waals surface area (Å²) >= 11 is 4.95. The summed E-state index contributed by atoms with van der Waals surface area (Å²) in [7, 11) is 0. The van der Waals surface area contributed by atoms with Gasteiger partial charge in [0.1, 0.15) is 0 Å². The van der Waals surface area contributed by atoms with Gasteiger partial charge in [0, 0.05) is 17.5 Å². The van der Waals surface area contributed by atoms with E-state index in [1.165, 1.54) is 0 Å². The molecule has 0 aliphatic carbocycles. The fraction of sp³-hybridized carbons (Fsp3) is 0.167. The first-order valence-electron chi connectivity index (χ1n) is 2.95. The second-order valence-corrected chi connectivity index (χ2v) is 2.63. The van der Waals surface area contributed by atoms with Crippen LogP contribution in [0.1, 0.15) is 5.69 Å². The van der Waals surface area contributed by atoms with Crippen LogP contribution in [0.2, 0.25) is 0 Å². The van der Waals surface area contributed by atoms with E-state index in [9.17, 15) is 0 Å². The van der Waals surface area contributed by atoms with Crippen molar-refractivity contribution >= 4 is 29.1 Å². The standard InChI is InChI=1S/C6H5N3S/c10-4-1-5-6(7-2-4)9-3-8-5/h2-3H,1H2,(H,8,9). The summed E-state index contributed by atoms with van der Waals surface area (Å²) in [6.07, 6.45) is 4.09. The zero-order valence-electron chi connectivity index (χ0n) is 5.16. The normalized spacial score (nSPS) is 15.4. The summed E-state index contributed by atoms with van der Waals surface area (Å²) in [5.41, 5.74) is 1.02. The number of aromatic nitrogens is 2. The molecule has 0 saturated heterocycles. The van der Waals surface area contributed by atoms with Crippen LogP contribution in [-0.2, 0) is 6.42 Å². The fourth-order valence-corrected chi connectivity index (χ4v) is 1.11. The summed E-state index contributed by atoms with van der Waals surface area (Å²) in [6.45, 7) is 0. The van der Waals surface area contributed by atoms with E-state index in [-0.39, 0.29) is 0 Å². The highest BCUT2D eigenvalue weighted by atomic mass is 32.1. The van der Waals surface area contributed by atoms with Crippen molar-refractivity contribution in [2.24, 2.45) is 4.99 Å². The lowest BCUT2D eigenvalue weighted by Gasteiger charge is -2.01. The number of H-pyrrole nitrogens is 1. The molecule has 4 heteroatoms. The molecule has 0 amide bonds. The first kappa shape index (κ1) is 5.73. The van der Waals surface area contributed by atoms with Gasteiger partial charge in [0.15, 0.2) is 5.82 Å². The van der Waals surface area contributed by atoms with Crippen LogP contribution in [-0.4, -0.2) is 21.0 Å². The van der Waals surface area contributed by atoms with E-state index < -0.39 is 0 Å². The minimum absolute atomic E-state index is 0.772. The molecule has 0 radical (unpaired) electrons. The van der Waals surface area contributed by atoms with Crippen LogP contribution in [0.5, 0.6) is 0 Å². The van der Waals surface area contributed by atoms with E-state index >= 15 is 0 Å². The van der Waals surface area contributed by atoms with Crippen LogP contribution in [0, 0.1) is 0 Å². The maximum absolute atomic E-state index is 4.95. The first-order chi connectivity index (χ1) is 4.86. The largest absolute Gasteiger partial charge is 0.346 e. The molecular formula is C6H5N3S. The highest BCUT2D eigenvalue weighted by molar-refractivity contribution is 7.81. The highest BCUT2D eigenvalue weighted by Gasteiger charge is 2.09. The van der Waals surface area contributed by atoms with Gasteiger partial charge >= 0.3 is 0 Å². The molecule has 0 unspecified atom stereocenters. The van der Waals surface area contributed by atoms with Crippen LogP contribution in [0.25, 0.3) is 0 Å². The van der Waals surface area contributed by atoms with E-state index in [1.54, 1.807) is 12.5 Å². The van der Waals surface area contributed by atoms with E-state index in [0.29, 0.717) is 0 Å². The summed E-state index contributed by atoms with van der Waals surface area (Å²) in [6, 6.07) is 0. The lowest BCUT2D eigenvalue weighted by Crippen LogP contribution is -2.05. The van der Waals surface area contributed by atoms with Crippen molar-refractivity contribution < 1.29 is 0 Å². The SMILES string of the molecule is S=C1C=Nc2nc[nH]c2C1. The molecule has 1 aliphatic rings. The van der Waals surface area contributed by atoms with Crippen molar-refractivity contribution in [2.75, 3.05) is 0 Å². The van der Waals surface area contributed by atoms with Gasteiger partial charge in [-0.1, -0.05) is 12.2 Å². The monoisotopic (exact) mass is 151 g/mol. The Labute approximate surface area is 63.2 Å². The Morgan fingerprint density at radius 3 is 3.40 bits per heavy atom. The van der Waals surface area contributed by atoms with Gasteiger partial charge in [0.25, 0.3) is 0 Å². The van der Waals surface area contributed by atoms with E-state index in [1.807, 2.05) is 0 Å². The van der Waals surface area contributed by atoms with Gasteiger partial charge < -0.3 is 4.98 Å². The van der Waals surface area contributed by atoms with Gasteiger partial charge in [-0.3, -0.25) is 0 Å². The molecule has 0 spiro atoms. The van der Waals surface area contributed by atoms with Crippen LogP contribution < -0.4 is 0 Å². The third-order valence-electron chi connectivity index (χ3n) is 1.38. The molecule has 2 heterocycles. The number of fused-ring (bicyclic) bond motifs is 1. The Morgan fingerprint density at radius 1 is 1.60 bits per heavy atom. The van der Waals surface area contributed by atoms with Gasteiger partial charge in [-0.05, 0) is 0 Å². The van der Waals surface area contributed by atoms with Gasteiger partial charge in [-0.15, -0.1) is 0 Å². The molecule has 0 atom stereocenters. The van der Waals surface area contributed by atoms with Crippen LogP contribution in [0.15, 0.2) is 11.3 Å². The van der Waals surface area contributed by atoms with Gasteiger partial charge in [-0.25, -0.2) is 9.98 Å². The molecule has 3 nitrogen and oxygen atoms in total. The Balaban J connectivity index is 2.52. The molecule has 0 aromatic carbocycles. The topological polar surface area (TPSA) is 41.0 Å². The summed E-state index contributed by atoms with van der Waals surface area (Å²) in [5, 5.41) is 0. The summed E-state index contributed by atoms with van der Waals surface area (Å²) < 4.78 is 0. The second-order valence-electron chi connectivity index (χ2n) is 2.11. The molecule has 1 aromatic rings. The Kier molecular flexibility index (Phi) is 1.14. The second kappa shape index (κ2) is 1.98. The number of hydrogen-bond acceptors (Lipinski definition) is 3. The molecule has 10 heavy (non-hydrogen) atoms. The third kappa shape index (κ3) is 0.769. The molecule has 1 aromatic heterocycles. The van der Waals surface area contributed by atoms with Crippen molar-refractivity contribution in [1.82, 2.24) is 9.97 Å². The van der Waals surface area contributed by atoms with Gasteiger partial charge in [0.05, 0.1) is 12.0 Å². The number of thiocarbonyl (C=S) groups is 1. The fourth-order valence-electron chi connectivity index (χ4n) is 0.908. The zero-order valence-corrected chi connectivity index (χ0v) is 5.98. The van der Waals surface area contributed by atoms with Crippen molar-refractivity contribution in [3.63, 3.8) is 0 Å². The highest BCUT2D eigenvalue weighted by Crippen LogP contribution is 2.17. The van der Waals surface area contributed by atoms with Crippen molar-refractivity contribution in [3.05, 3.63) is 12.0 Å². The Bertz CT molecular complexity index is 300. The maximum Gasteiger partial charge on any atom is 0.173 e. The smallest absolute Gasteiger partial charge is 0.173 e. The number of imidazole rings is 1. The zero-order chi connectivity index (χ0) is 6.97. The van der Waals surface area contributed by atoms with Crippen molar-refractivity contribution in [3.8, 4) is 0 Å². The van der Waals surface area contributed by atoms with E-state index in [2.05, 4.69) is 15.0 Å². The molecule has 0 bridgehead atoms. The third-order valence-corrected chi connectivity index (χ3v) is 1.63. The Hall–Kier alpha value is -1.03. The molecule has 1 aliphatic heterocycles.